The number of piperidine rings is 1. The Labute approximate surface area is 160 Å². The van der Waals surface area contributed by atoms with E-state index in [9.17, 15) is 4.79 Å². The first-order chi connectivity index (χ1) is 13.1. The van der Waals surface area contributed by atoms with Crippen LogP contribution in [0.5, 0.6) is 0 Å². The van der Waals surface area contributed by atoms with Crippen LogP contribution in [0.4, 0.5) is 5.95 Å². The van der Waals surface area contributed by atoms with Crippen molar-refractivity contribution in [1.29, 1.82) is 0 Å². The van der Waals surface area contributed by atoms with Crippen molar-refractivity contribution in [3.8, 4) is 11.3 Å². The Hall–Kier alpha value is -2.71. The van der Waals surface area contributed by atoms with E-state index in [0.29, 0.717) is 22.6 Å². The smallest absolute Gasteiger partial charge is 0.280 e. The largest absolute Gasteiger partial charge is 0.355 e. The van der Waals surface area contributed by atoms with Gasteiger partial charge >= 0.3 is 0 Å². The zero-order chi connectivity index (χ0) is 18.8. The van der Waals surface area contributed by atoms with Crippen LogP contribution in [-0.2, 0) is 7.05 Å². The van der Waals surface area contributed by atoms with E-state index in [1.807, 2.05) is 0 Å². The molecule has 27 heavy (non-hydrogen) atoms. The fourth-order valence-electron chi connectivity index (χ4n) is 3.06. The molecule has 0 spiro atoms. The number of anilines is 1. The number of aromatic nitrogens is 4. The third kappa shape index (κ3) is 3.86. The summed E-state index contributed by atoms with van der Waals surface area (Å²) in [6, 6.07) is 8.70. The number of carbonyl (C=O) groups is 1. The van der Waals surface area contributed by atoms with Gasteiger partial charge in [-0.05, 0) is 50.2 Å². The lowest BCUT2D eigenvalue weighted by Gasteiger charge is -2.19. The van der Waals surface area contributed by atoms with Crippen molar-refractivity contribution in [2.75, 3.05) is 18.4 Å². The first kappa shape index (κ1) is 17.7. The predicted molar refractivity (Wildman–Crippen MR) is 101 cm³/mol. The number of nitrogens with zero attached hydrogens (tertiary/aromatic N) is 4. The molecule has 1 aliphatic heterocycles. The topological polar surface area (TPSA) is 97.9 Å². The zero-order valence-electron chi connectivity index (χ0n) is 14.8. The van der Waals surface area contributed by atoms with Gasteiger partial charge in [-0.1, -0.05) is 16.8 Å². The fourth-order valence-corrected chi connectivity index (χ4v) is 3.19. The second-order valence-corrected chi connectivity index (χ2v) is 6.92. The molecule has 0 bridgehead atoms. The maximum absolute atomic E-state index is 12.5. The average Bonchev–Trinajstić information content (AvgIpc) is 3.31. The van der Waals surface area contributed by atoms with Crippen LogP contribution in [0.15, 0.2) is 34.9 Å². The second kappa shape index (κ2) is 7.50. The molecule has 0 saturated carbocycles. The van der Waals surface area contributed by atoms with Crippen LogP contribution in [0, 0.1) is 0 Å². The molecule has 1 aromatic carbocycles. The summed E-state index contributed by atoms with van der Waals surface area (Å²) in [6.07, 6.45) is 1.98. The lowest BCUT2D eigenvalue weighted by molar-refractivity contribution is 0.101. The van der Waals surface area contributed by atoms with Crippen LogP contribution < -0.4 is 10.6 Å². The first-order valence-electron chi connectivity index (χ1n) is 8.76. The van der Waals surface area contributed by atoms with Crippen molar-refractivity contribution in [2.45, 2.75) is 18.8 Å². The Balaban J connectivity index is 1.48. The van der Waals surface area contributed by atoms with Gasteiger partial charge in [0.05, 0.1) is 0 Å². The molecule has 1 amide bonds. The number of aryl methyl sites for hydroxylation is 1. The number of amides is 1. The normalized spacial score (nSPS) is 15.0. The summed E-state index contributed by atoms with van der Waals surface area (Å²) in [4.78, 5) is 17.0. The molecule has 3 heterocycles. The first-order valence-corrected chi connectivity index (χ1v) is 9.13. The number of carbonyl (C=O) groups excluding carboxylic acids is 1. The minimum absolute atomic E-state index is 0.173. The maximum atomic E-state index is 12.5. The monoisotopic (exact) mass is 386 g/mol. The van der Waals surface area contributed by atoms with Crippen molar-refractivity contribution in [2.24, 2.45) is 7.05 Å². The Bertz CT molecular complexity index is 943. The molecule has 2 aromatic heterocycles. The number of nitrogens with one attached hydrogen (secondary N) is 2. The van der Waals surface area contributed by atoms with E-state index in [-0.39, 0.29) is 5.69 Å². The van der Waals surface area contributed by atoms with Gasteiger partial charge in [-0.15, -0.1) is 0 Å². The van der Waals surface area contributed by atoms with Crippen molar-refractivity contribution in [3.05, 3.63) is 46.9 Å². The standard InChI is InChI=1S/C18H19ClN6O2/c1-25-18(21-16(23-25)12-6-8-20-9-7-12)22-17(26)14-10-15(27-24-14)11-2-4-13(19)5-3-11/h2-5,10,12,20H,6-9H2,1H3,(H,21,22,23,26). The number of benzene rings is 1. The number of hydrogen-bond donors (Lipinski definition) is 2. The van der Waals surface area contributed by atoms with E-state index in [1.54, 1.807) is 42.1 Å². The van der Waals surface area contributed by atoms with E-state index in [4.69, 9.17) is 16.1 Å². The van der Waals surface area contributed by atoms with Crippen LogP contribution in [0.1, 0.15) is 35.1 Å². The van der Waals surface area contributed by atoms with Gasteiger partial charge in [0.1, 0.15) is 0 Å². The molecule has 0 unspecified atom stereocenters. The molecular formula is C18H19ClN6O2. The molecule has 0 atom stereocenters. The summed E-state index contributed by atoms with van der Waals surface area (Å²) in [7, 11) is 1.76. The number of rotatable bonds is 4. The molecule has 1 aliphatic rings. The lowest BCUT2D eigenvalue weighted by atomic mass is 9.98. The van der Waals surface area contributed by atoms with Crippen molar-refractivity contribution < 1.29 is 9.32 Å². The van der Waals surface area contributed by atoms with Gasteiger partial charge in [0.25, 0.3) is 5.91 Å². The van der Waals surface area contributed by atoms with E-state index in [2.05, 4.69) is 25.9 Å². The molecule has 3 aromatic rings. The molecule has 140 valence electrons. The van der Waals surface area contributed by atoms with Gasteiger partial charge in [-0.25, -0.2) is 4.68 Å². The third-order valence-electron chi connectivity index (χ3n) is 4.58. The van der Waals surface area contributed by atoms with E-state index < -0.39 is 5.91 Å². The van der Waals surface area contributed by atoms with E-state index in [1.165, 1.54) is 0 Å². The summed E-state index contributed by atoms with van der Waals surface area (Å²) in [6.45, 7) is 1.91. The summed E-state index contributed by atoms with van der Waals surface area (Å²) in [5, 5.41) is 15.0. The molecule has 1 saturated heterocycles. The Morgan fingerprint density at radius 1 is 1.30 bits per heavy atom. The molecule has 1 fully saturated rings. The van der Waals surface area contributed by atoms with Crippen molar-refractivity contribution in [1.82, 2.24) is 25.2 Å². The number of hydrogen-bond acceptors (Lipinski definition) is 6. The highest BCUT2D eigenvalue weighted by Crippen LogP contribution is 2.24. The van der Waals surface area contributed by atoms with E-state index in [0.717, 1.165) is 37.3 Å². The van der Waals surface area contributed by atoms with Crippen LogP contribution >= 0.6 is 11.6 Å². The minimum atomic E-state index is -0.397. The Morgan fingerprint density at radius 3 is 2.78 bits per heavy atom. The van der Waals surface area contributed by atoms with Crippen LogP contribution in [0.2, 0.25) is 5.02 Å². The molecule has 0 aliphatic carbocycles. The molecular weight excluding hydrogens is 368 g/mol. The van der Waals surface area contributed by atoms with Gasteiger partial charge in [-0.2, -0.15) is 10.1 Å². The van der Waals surface area contributed by atoms with E-state index >= 15 is 0 Å². The average molecular weight is 387 g/mol. The molecule has 9 heteroatoms. The van der Waals surface area contributed by atoms with Crippen LogP contribution in [0.25, 0.3) is 11.3 Å². The minimum Gasteiger partial charge on any atom is -0.355 e. The van der Waals surface area contributed by atoms with Gasteiger partial charge in [0, 0.05) is 29.6 Å². The van der Waals surface area contributed by atoms with Gasteiger partial charge in [0.15, 0.2) is 17.3 Å². The maximum Gasteiger partial charge on any atom is 0.280 e. The highest BCUT2D eigenvalue weighted by molar-refractivity contribution is 6.30. The summed E-state index contributed by atoms with van der Waals surface area (Å²) in [5.41, 5.74) is 0.962. The second-order valence-electron chi connectivity index (χ2n) is 6.48. The quantitative estimate of drug-likeness (QED) is 0.715. The highest BCUT2D eigenvalue weighted by Gasteiger charge is 2.22. The third-order valence-corrected chi connectivity index (χ3v) is 4.83. The highest BCUT2D eigenvalue weighted by atomic mass is 35.5. The summed E-state index contributed by atoms with van der Waals surface area (Å²) >= 11 is 5.89. The number of halogens is 1. The van der Waals surface area contributed by atoms with Crippen LogP contribution in [-0.4, -0.2) is 38.9 Å². The summed E-state index contributed by atoms with van der Waals surface area (Å²) < 4.78 is 6.86. The molecule has 0 radical (unpaired) electrons. The van der Waals surface area contributed by atoms with Crippen molar-refractivity contribution >= 4 is 23.5 Å². The Morgan fingerprint density at radius 2 is 2.04 bits per heavy atom. The van der Waals surface area contributed by atoms with Crippen LogP contribution in [0.3, 0.4) is 0 Å². The van der Waals surface area contributed by atoms with Gasteiger partial charge < -0.3 is 9.84 Å². The Kier molecular flexibility index (Phi) is 4.91. The van der Waals surface area contributed by atoms with Gasteiger partial charge in [0.2, 0.25) is 5.95 Å². The molecule has 8 nitrogen and oxygen atoms in total. The molecule has 4 rings (SSSR count). The fraction of sp³-hybridized carbons (Fsp3) is 0.333. The lowest BCUT2D eigenvalue weighted by Crippen LogP contribution is -2.27. The van der Waals surface area contributed by atoms with Crippen molar-refractivity contribution in [3.63, 3.8) is 0 Å². The SMILES string of the molecule is Cn1nc(C2CCNCC2)nc1NC(=O)c1cc(-c2ccc(Cl)cc2)on1. The zero-order valence-corrected chi connectivity index (χ0v) is 15.5. The van der Waals surface area contributed by atoms with Gasteiger partial charge in [-0.3, -0.25) is 10.1 Å². The summed E-state index contributed by atoms with van der Waals surface area (Å²) in [5.74, 6) is 1.56. The molecule has 2 N–H and O–H groups in total. The predicted octanol–water partition coefficient (Wildman–Crippen LogP) is 2.84.